The molecular weight excluding hydrogens is 316 g/mol. The maximum atomic E-state index is 11.6. The van der Waals surface area contributed by atoms with Crippen LogP contribution in [0, 0.1) is 18.3 Å². The van der Waals surface area contributed by atoms with E-state index in [2.05, 4.69) is 15.5 Å². The van der Waals surface area contributed by atoms with E-state index < -0.39 is 17.1 Å². The van der Waals surface area contributed by atoms with Gasteiger partial charge in [0.25, 0.3) is 5.56 Å². The second-order valence-corrected chi connectivity index (χ2v) is 4.73. The molecule has 2 aromatic rings. The molecule has 0 aliphatic carbocycles. The molecule has 0 bridgehead atoms. The van der Waals surface area contributed by atoms with E-state index in [1.807, 2.05) is 16.0 Å². The van der Waals surface area contributed by atoms with E-state index in [0.29, 0.717) is 11.3 Å². The summed E-state index contributed by atoms with van der Waals surface area (Å²) in [5.41, 5.74) is 2.19. The number of aryl methyl sites for hydroxylation is 1. The minimum atomic E-state index is -0.834. The highest BCUT2D eigenvalue weighted by molar-refractivity contribution is 5.82. The van der Waals surface area contributed by atoms with Crippen LogP contribution in [0.15, 0.2) is 20.8 Å². The number of nitriles is 1. The molecule has 0 saturated heterocycles. The van der Waals surface area contributed by atoms with Crippen molar-refractivity contribution in [2.45, 2.75) is 13.5 Å². The summed E-state index contributed by atoms with van der Waals surface area (Å²) in [6, 6.07) is 3.73. The predicted molar refractivity (Wildman–Crippen MR) is 85.0 cm³/mol. The highest BCUT2D eigenvalue weighted by Crippen LogP contribution is 2.19. The molecule has 0 aromatic carbocycles. The lowest BCUT2D eigenvalue weighted by atomic mass is 10.1. The fraction of sp³-hybridized carbons (Fsp3) is 0.214. The fourth-order valence-electron chi connectivity index (χ4n) is 1.98. The van der Waals surface area contributed by atoms with Gasteiger partial charge in [0.05, 0.1) is 12.8 Å². The zero-order chi connectivity index (χ0) is 17.7. The lowest BCUT2D eigenvalue weighted by Gasteiger charge is -2.09. The number of aromatic nitrogens is 3. The van der Waals surface area contributed by atoms with E-state index in [4.69, 9.17) is 4.74 Å². The normalized spacial score (nSPS) is 10.7. The number of anilines is 1. The third kappa shape index (κ3) is 3.65. The monoisotopic (exact) mass is 330 g/mol. The molecule has 10 nitrogen and oxygen atoms in total. The van der Waals surface area contributed by atoms with E-state index in [0.717, 1.165) is 6.21 Å². The molecule has 0 aliphatic heterocycles. The number of H-pyrrole nitrogens is 2. The first-order valence-corrected chi connectivity index (χ1v) is 6.70. The summed E-state index contributed by atoms with van der Waals surface area (Å²) < 4.78 is 5.04. The van der Waals surface area contributed by atoms with Gasteiger partial charge in [0.15, 0.2) is 5.82 Å². The van der Waals surface area contributed by atoms with Crippen LogP contribution in [0.3, 0.4) is 0 Å². The lowest BCUT2D eigenvalue weighted by Crippen LogP contribution is -2.25. The minimum absolute atomic E-state index is 0.182. The van der Waals surface area contributed by atoms with Gasteiger partial charge in [-0.05, 0) is 13.0 Å². The molecule has 0 fully saturated rings. The van der Waals surface area contributed by atoms with Gasteiger partial charge < -0.3 is 9.84 Å². The Kier molecular flexibility index (Phi) is 5.08. The van der Waals surface area contributed by atoms with Crippen LogP contribution in [0.2, 0.25) is 0 Å². The van der Waals surface area contributed by atoms with Gasteiger partial charge in [-0.3, -0.25) is 20.2 Å². The highest BCUT2D eigenvalue weighted by Gasteiger charge is 2.11. The van der Waals surface area contributed by atoms with E-state index in [-0.39, 0.29) is 23.6 Å². The number of nitrogens with zero attached hydrogens (tertiary/aromatic N) is 3. The van der Waals surface area contributed by atoms with E-state index in [9.17, 15) is 20.0 Å². The number of nitrogens with one attached hydrogen (secondary N) is 3. The van der Waals surface area contributed by atoms with Crippen LogP contribution in [0.1, 0.15) is 22.4 Å². The molecule has 2 aromatic heterocycles. The van der Waals surface area contributed by atoms with E-state index in [1.54, 1.807) is 13.0 Å². The first-order valence-electron chi connectivity index (χ1n) is 6.70. The Morgan fingerprint density at radius 2 is 2.25 bits per heavy atom. The molecule has 2 rings (SSSR count). The van der Waals surface area contributed by atoms with E-state index in [1.165, 1.54) is 7.11 Å². The number of rotatable bonds is 5. The van der Waals surface area contributed by atoms with Gasteiger partial charge in [-0.1, -0.05) is 0 Å². The summed E-state index contributed by atoms with van der Waals surface area (Å²) in [6.07, 6.45) is 1.01. The molecule has 2 heterocycles. The summed E-state index contributed by atoms with van der Waals surface area (Å²) in [5, 5.41) is 22.6. The van der Waals surface area contributed by atoms with Crippen LogP contribution in [0.5, 0.6) is 5.88 Å². The number of hydrogen-bond donors (Lipinski definition) is 4. The Bertz CT molecular complexity index is 938. The maximum Gasteiger partial charge on any atom is 0.328 e. The number of pyridine rings is 1. The number of aromatic hydroxyl groups is 1. The number of hydrazone groups is 1. The zero-order valence-corrected chi connectivity index (χ0v) is 12.9. The van der Waals surface area contributed by atoms with Crippen LogP contribution in [0.4, 0.5) is 5.82 Å². The van der Waals surface area contributed by atoms with Crippen molar-refractivity contribution < 1.29 is 9.84 Å². The summed E-state index contributed by atoms with van der Waals surface area (Å²) in [6.45, 7) is 1.97. The van der Waals surface area contributed by atoms with Crippen molar-refractivity contribution in [1.29, 1.82) is 5.26 Å². The number of methoxy groups -OCH3 is 1. The smallest absolute Gasteiger partial charge is 0.328 e. The van der Waals surface area contributed by atoms with Crippen molar-refractivity contribution in [3.8, 4) is 11.9 Å². The van der Waals surface area contributed by atoms with Crippen LogP contribution >= 0.6 is 0 Å². The Balaban J connectivity index is 2.35. The third-order valence-corrected chi connectivity index (χ3v) is 2.96. The maximum absolute atomic E-state index is 11.6. The SMILES string of the molecule is COCc1cc(C)nc(N/N=C\c2c(O)[nH]c(=O)[nH]c2=O)c1C#N. The molecule has 24 heavy (non-hydrogen) atoms. The van der Waals surface area contributed by atoms with E-state index >= 15 is 0 Å². The van der Waals surface area contributed by atoms with Crippen molar-refractivity contribution >= 4 is 12.0 Å². The minimum Gasteiger partial charge on any atom is -0.494 e. The van der Waals surface area contributed by atoms with Crippen molar-refractivity contribution in [3.63, 3.8) is 0 Å². The van der Waals surface area contributed by atoms with Crippen LogP contribution in [0.25, 0.3) is 0 Å². The van der Waals surface area contributed by atoms with Gasteiger partial charge in [-0.15, -0.1) is 0 Å². The van der Waals surface area contributed by atoms with Crippen molar-refractivity contribution in [1.82, 2.24) is 15.0 Å². The van der Waals surface area contributed by atoms with Crippen molar-refractivity contribution in [3.05, 3.63) is 49.3 Å². The predicted octanol–water partition coefficient (Wildman–Crippen LogP) is -0.0637. The summed E-state index contributed by atoms with van der Waals surface area (Å²) >= 11 is 0. The van der Waals surface area contributed by atoms with Gasteiger partial charge in [0, 0.05) is 18.4 Å². The molecular formula is C14H14N6O4. The van der Waals surface area contributed by atoms with Gasteiger partial charge in [-0.2, -0.15) is 10.4 Å². The molecule has 0 unspecified atom stereocenters. The quantitative estimate of drug-likeness (QED) is 0.441. The topological polar surface area (TPSA) is 156 Å². The first-order chi connectivity index (χ1) is 11.5. The molecule has 0 atom stereocenters. The molecule has 0 saturated carbocycles. The number of ether oxygens (including phenoxy) is 1. The van der Waals surface area contributed by atoms with Crippen LogP contribution in [-0.2, 0) is 11.3 Å². The van der Waals surface area contributed by atoms with Gasteiger partial charge >= 0.3 is 5.69 Å². The molecule has 0 aliphatic rings. The Hall–Kier alpha value is -3.45. The Morgan fingerprint density at radius 1 is 1.50 bits per heavy atom. The fourth-order valence-corrected chi connectivity index (χ4v) is 1.98. The number of hydrogen-bond acceptors (Lipinski definition) is 8. The second-order valence-electron chi connectivity index (χ2n) is 4.73. The molecule has 0 spiro atoms. The van der Waals surface area contributed by atoms with Gasteiger partial charge in [0.2, 0.25) is 5.88 Å². The summed E-state index contributed by atoms with van der Waals surface area (Å²) in [5.74, 6) is -0.437. The van der Waals surface area contributed by atoms with Gasteiger partial charge in [-0.25, -0.2) is 9.78 Å². The second kappa shape index (κ2) is 7.21. The van der Waals surface area contributed by atoms with Crippen LogP contribution in [-0.4, -0.2) is 33.4 Å². The van der Waals surface area contributed by atoms with Crippen molar-refractivity contribution in [2.24, 2.45) is 5.10 Å². The molecule has 0 amide bonds. The summed E-state index contributed by atoms with van der Waals surface area (Å²) in [4.78, 5) is 30.7. The lowest BCUT2D eigenvalue weighted by molar-refractivity contribution is 0.184. The zero-order valence-electron chi connectivity index (χ0n) is 12.9. The first kappa shape index (κ1) is 16.9. The molecule has 124 valence electrons. The van der Waals surface area contributed by atoms with Gasteiger partial charge in [0.1, 0.15) is 17.2 Å². The van der Waals surface area contributed by atoms with Crippen molar-refractivity contribution in [2.75, 3.05) is 12.5 Å². The Labute approximate surface area is 135 Å². The molecule has 4 N–H and O–H groups in total. The average molecular weight is 330 g/mol. The largest absolute Gasteiger partial charge is 0.494 e. The summed E-state index contributed by atoms with van der Waals surface area (Å²) in [7, 11) is 1.51. The highest BCUT2D eigenvalue weighted by atomic mass is 16.5. The average Bonchev–Trinajstić information content (AvgIpc) is 2.50. The third-order valence-electron chi connectivity index (χ3n) is 2.96. The number of aromatic amines is 2. The molecule has 0 radical (unpaired) electrons. The Morgan fingerprint density at radius 3 is 2.88 bits per heavy atom. The molecule has 10 heteroatoms. The standard InChI is InChI=1S/C14H14N6O4/c1-7-3-8(6-24-2)9(4-15)11(17-7)20-16-5-10-12(21)18-14(23)19-13(10)22/h3,5H,6H2,1-2H3,(H,17,20)(H3,18,19,21,22,23)/b16-5-. The van der Waals surface area contributed by atoms with Crippen LogP contribution < -0.4 is 16.7 Å².